The van der Waals surface area contributed by atoms with Gasteiger partial charge in [0, 0.05) is 44.6 Å². The second-order valence-electron chi connectivity index (χ2n) is 5.44. The van der Waals surface area contributed by atoms with Crippen LogP contribution < -0.4 is 14.5 Å². The summed E-state index contributed by atoms with van der Waals surface area (Å²) >= 11 is 0. The third kappa shape index (κ3) is 3.54. The van der Waals surface area contributed by atoms with E-state index in [1.54, 1.807) is 30.6 Å². The normalized spacial score (nSPS) is 14.8. The van der Waals surface area contributed by atoms with Crippen molar-refractivity contribution in [1.29, 1.82) is 5.26 Å². The molecule has 1 aliphatic rings. The van der Waals surface area contributed by atoms with Crippen LogP contribution in [-0.4, -0.2) is 47.7 Å². The Bertz CT molecular complexity index is 729. The van der Waals surface area contributed by atoms with Crippen molar-refractivity contribution in [2.75, 3.05) is 42.6 Å². The van der Waals surface area contributed by atoms with Gasteiger partial charge in [0.25, 0.3) is 0 Å². The van der Waals surface area contributed by atoms with Gasteiger partial charge in [0.2, 0.25) is 11.8 Å². The van der Waals surface area contributed by atoms with Crippen LogP contribution in [0.25, 0.3) is 0 Å². The number of pyridine rings is 1. The van der Waals surface area contributed by atoms with E-state index in [4.69, 9.17) is 4.74 Å². The smallest absolute Gasteiger partial charge is 0.228 e. The molecule has 2 aromatic heterocycles. The van der Waals surface area contributed by atoms with Crippen molar-refractivity contribution in [3.05, 3.63) is 36.2 Å². The standard InChI is InChI=1S/C17H20N6O/c1-2-24-15-6-8-20-17(21-15)23-10-4-9-22(11-12-23)16-14(13-18)5-3-7-19-16/h3,5-8H,2,4,9-12H2,1H3. The summed E-state index contributed by atoms with van der Waals surface area (Å²) in [6.07, 6.45) is 4.40. The molecule has 2 aromatic rings. The van der Waals surface area contributed by atoms with Crippen LogP contribution >= 0.6 is 0 Å². The summed E-state index contributed by atoms with van der Waals surface area (Å²) in [4.78, 5) is 17.5. The highest BCUT2D eigenvalue weighted by Gasteiger charge is 2.20. The van der Waals surface area contributed by atoms with Crippen LogP contribution in [0.5, 0.6) is 5.88 Å². The van der Waals surface area contributed by atoms with Crippen molar-refractivity contribution in [3.8, 4) is 11.9 Å². The maximum Gasteiger partial charge on any atom is 0.228 e. The van der Waals surface area contributed by atoms with Gasteiger partial charge in [-0.05, 0) is 25.5 Å². The van der Waals surface area contributed by atoms with Gasteiger partial charge in [0.05, 0.1) is 12.2 Å². The molecule has 7 nitrogen and oxygen atoms in total. The second-order valence-corrected chi connectivity index (χ2v) is 5.44. The van der Waals surface area contributed by atoms with E-state index in [0.29, 0.717) is 24.0 Å². The van der Waals surface area contributed by atoms with Crippen molar-refractivity contribution in [2.24, 2.45) is 0 Å². The number of anilines is 2. The molecular formula is C17H20N6O. The molecule has 7 heteroatoms. The summed E-state index contributed by atoms with van der Waals surface area (Å²) in [5.41, 5.74) is 0.612. The Morgan fingerprint density at radius 1 is 1.12 bits per heavy atom. The van der Waals surface area contributed by atoms with E-state index in [1.807, 2.05) is 6.92 Å². The van der Waals surface area contributed by atoms with Crippen LogP contribution in [0.1, 0.15) is 18.9 Å². The first kappa shape index (κ1) is 16.0. The molecule has 124 valence electrons. The molecule has 0 atom stereocenters. The lowest BCUT2D eigenvalue weighted by Gasteiger charge is -2.23. The lowest BCUT2D eigenvalue weighted by atomic mass is 10.2. The summed E-state index contributed by atoms with van der Waals surface area (Å²) in [5, 5.41) is 9.27. The first-order chi connectivity index (χ1) is 11.8. The molecule has 0 bridgehead atoms. The van der Waals surface area contributed by atoms with E-state index in [1.165, 1.54) is 0 Å². The summed E-state index contributed by atoms with van der Waals surface area (Å²) in [6, 6.07) is 7.58. The number of rotatable bonds is 4. The molecule has 1 aliphatic heterocycles. The Labute approximate surface area is 141 Å². The van der Waals surface area contributed by atoms with Gasteiger partial charge in [0.1, 0.15) is 11.9 Å². The van der Waals surface area contributed by atoms with Gasteiger partial charge in [-0.25, -0.2) is 9.97 Å². The highest BCUT2D eigenvalue weighted by atomic mass is 16.5. The fourth-order valence-corrected chi connectivity index (χ4v) is 2.78. The summed E-state index contributed by atoms with van der Waals surface area (Å²) < 4.78 is 5.46. The third-order valence-corrected chi connectivity index (χ3v) is 3.89. The van der Waals surface area contributed by atoms with Crippen molar-refractivity contribution in [3.63, 3.8) is 0 Å². The Morgan fingerprint density at radius 2 is 1.96 bits per heavy atom. The summed E-state index contributed by atoms with van der Waals surface area (Å²) in [5.74, 6) is 2.04. The van der Waals surface area contributed by atoms with Gasteiger partial charge in [-0.3, -0.25) is 0 Å². The third-order valence-electron chi connectivity index (χ3n) is 3.89. The van der Waals surface area contributed by atoms with Crippen LogP contribution in [0.4, 0.5) is 11.8 Å². The topological polar surface area (TPSA) is 78.2 Å². The van der Waals surface area contributed by atoms with Crippen LogP contribution in [0.2, 0.25) is 0 Å². The van der Waals surface area contributed by atoms with Crippen LogP contribution in [0.3, 0.4) is 0 Å². The average molecular weight is 324 g/mol. The highest BCUT2D eigenvalue weighted by molar-refractivity contribution is 5.54. The largest absolute Gasteiger partial charge is 0.478 e. The number of hydrogen-bond donors (Lipinski definition) is 0. The number of nitriles is 1. The number of aromatic nitrogens is 3. The van der Waals surface area contributed by atoms with E-state index in [-0.39, 0.29) is 0 Å². The molecule has 0 saturated carbocycles. The molecule has 0 spiro atoms. The molecule has 0 N–H and O–H groups in total. The van der Waals surface area contributed by atoms with E-state index in [2.05, 4.69) is 30.8 Å². The van der Waals surface area contributed by atoms with Crippen molar-refractivity contribution < 1.29 is 4.74 Å². The van der Waals surface area contributed by atoms with E-state index in [9.17, 15) is 5.26 Å². The molecule has 0 aliphatic carbocycles. The van der Waals surface area contributed by atoms with Crippen molar-refractivity contribution >= 4 is 11.8 Å². The number of ether oxygens (including phenoxy) is 1. The lowest BCUT2D eigenvalue weighted by Crippen LogP contribution is -2.32. The molecular weight excluding hydrogens is 304 g/mol. The van der Waals surface area contributed by atoms with Gasteiger partial charge < -0.3 is 14.5 Å². The number of hydrogen-bond acceptors (Lipinski definition) is 7. The Kier molecular flexibility index (Phi) is 5.06. The zero-order valence-electron chi connectivity index (χ0n) is 13.7. The van der Waals surface area contributed by atoms with Gasteiger partial charge in [-0.1, -0.05) is 0 Å². The molecule has 0 amide bonds. The SMILES string of the molecule is CCOc1ccnc(N2CCCN(c3ncccc3C#N)CC2)n1. The Hall–Kier alpha value is -2.88. The van der Waals surface area contributed by atoms with E-state index in [0.717, 1.165) is 38.4 Å². The summed E-state index contributed by atoms with van der Waals surface area (Å²) in [6.45, 7) is 5.78. The van der Waals surface area contributed by atoms with Crippen molar-refractivity contribution in [1.82, 2.24) is 15.0 Å². The molecule has 3 rings (SSSR count). The molecule has 24 heavy (non-hydrogen) atoms. The molecule has 3 heterocycles. The van der Waals surface area contributed by atoms with Gasteiger partial charge in [0.15, 0.2) is 0 Å². The first-order valence-electron chi connectivity index (χ1n) is 8.12. The van der Waals surface area contributed by atoms with Gasteiger partial charge >= 0.3 is 0 Å². The van der Waals surface area contributed by atoms with Gasteiger partial charge in [-0.2, -0.15) is 10.2 Å². The van der Waals surface area contributed by atoms with E-state index < -0.39 is 0 Å². The maximum absolute atomic E-state index is 9.27. The molecule has 0 aromatic carbocycles. The zero-order valence-corrected chi connectivity index (χ0v) is 13.7. The van der Waals surface area contributed by atoms with Crippen LogP contribution in [0, 0.1) is 11.3 Å². The minimum Gasteiger partial charge on any atom is -0.478 e. The second kappa shape index (κ2) is 7.59. The molecule has 0 radical (unpaired) electrons. The fourth-order valence-electron chi connectivity index (χ4n) is 2.78. The Morgan fingerprint density at radius 3 is 2.79 bits per heavy atom. The van der Waals surface area contributed by atoms with E-state index >= 15 is 0 Å². The van der Waals surface area contributed by atoms with Gasteiger partial charge in [-0.15, -0.1) is 0 Å². The lowest BCUT2D eigenvalue weighted by molar-refractivity contribution is 0.326. The molecule has 0 unspecified atom stereocenters. The minimum atomic E-state index is 0.584. The summed E-state index contributed by atoms with van der Waals surface area (Å²) in [7, 11) is 0. The average Bonchev–Trinajstić information content (AvgIpc) is 2.88. The van der Waals surface area contributed by atoms with Crippen LogP contribution in [-0.2, 0) is 0 Å². The monoisotopic (exact) mass is 324 g/mol. The fraction of sp³-hybridized carbons (Fsp3) is 0.412. The number of nitrogens with zero attached hydrogens (tertiary/aromatic N) is 6. The first-order valence-corrected chi connectivity index (χ1v) is 8.12. The molecule has 1 fully saturated rings. The predicted molar refractivity (Wildman–Crippen MR) is 91.2 cm³/mol. The maximum atomic E-state index is 9.27. The Balaban J connectivity index is 1.73. The quantitative estimate of drug-likeness (QED) is 0.849. The predicted octanol–water partition coefficient (Wildman–Crippen LogP) is 1.86. The minimum absolute atomic E-state index is 0.584. The zero-order chi connectivity index (χ0) is 16.8. The van der Waals surface area contributed by atoms with Crippen LogP contribution in [0.15, 0.2) is 30.6 Å². The highest BCUT2D eigenvalue weighted by Crippen LogP contribution is 2.20. The molecule has 1 saturated heterocycles. The van der Waals surface area contributed by atoms with Crippen molar-refractivity contribution in [2.45, 2.75) is 13.3 Å².